The molecule has 2 N–H and O–H groups in total. The molecule has 3 rings (SSSR count). The Morgan fingerprint density at radius 2 is 2.00 bits per heavy atom. The first-order valence-electron chi connectivity index (χ1n) is 6.44. The Morgan fingerprint density at radius 3 is 2.67 bits per heavy atom. The van der Waals surface area contributed by atoms with Crippen LogP contribution in [0, 0.1) is 6.92 Å². The Balaban J connectivity index is 2.62. The summed E-state index contributed by atoms with van der Waals surface area (Å²) in [6.07, 6.45) is 0. The van der Waals surface area contributed by atoms with Gasteiger partial charge in [-0.3, -0.25) is 4.79 Å². The third kappa shape index (κ3) is 1.86. The van der Waals surface area contributed by atoms with Gasteiger partial charge in [0.25, 0.3) is 0 Å². The lowest BCUT2D eigenvalue weighted by atomic mass is 10.0. The monoisotopic (exact) mass is 286 g/mol. The summed E-state index contributed by atoms with van der Waals surface area (Å²) in [5.41, 5.74) is 1.41. The lowest BCUT2D eigenvalue weighted by molar-refractivity contribution is 0.275. The standard InChI is InChI=1S/C16H14O5/c1-8-6-12-13(9(7-17)16(8)20-2)15(19)14-10(18)4-3-5-11(14)21-12/h3-6,17-18H,7H2,1-2H3. The highest BCUT2D eigenvalue weighted by atomic mass is 16.5. The Hall–Kier alpha value is -2.53. The number of aryl methyl sites for hydroxylation is 1. The van der Waals surface area contributed by atoms with Crippen molar-refractivity contribution in [3.8, 4) is 11.5 Å². The third-order valence-corrected chi connectivity index (χ3v) is 3.57. The summed E-state index contributed by atoms with van der Waals surface area (Å²) in [6.45, 7) is 1.45. The Bertz CT molecular complexity index is 908. The van der Waals surface area contributed by atoms with Gasteiger partial charge in [-0.1, -0.05) is 6.07 Å². The first-order chi connectivity index (χ1) is 10.1. The molecule has 2 aromatic carbocycles. The zero-order chi connectivity index (χ0) is 15.1. The molecule has 21 heavy (non-hydrogen) atoms. The second-order valence-electron chi connectivity index (χ2n) is 4.82. The normalized spacial score (nSPS) is 11.2. The van der Waals surface area contributed by atoms with Crippen molar-refractivity contribution < 1.29 is 19.4 Å². The topological polar surface area (TPSA) is 79.9 Å². The van der Waals surface area contributed by atoms with E-state index in [1.807, 2.05) is 6.92 Å². The highest BCUT2D eigenvalue weighted by Gasteiger charge is 2.18. The van der Waals surface area contributed by atoms with E-state index in [9.17, 15) is 15.0 Å². The summed E-state index contributed by atoms with van der Waals surface area (Å²) in [7, 11) is 1.48. The first-order valence-corrected chi connectivity index (χ1v) is 6.44. The van der Waals surface area contributed by atoms with Gasteiger partial charge in [-0.2, -0.15) is 0 Å². The first kappa shape index (κ1) is 13.5. The zero-order valence-electron chi connectivity index (χ0n) is 11.6. The lowest BCUT2D eigenvalue weighted by Gasteiger charge is -2.13. The van der Waals surface area contributed by atoms with Crippen molar-refractivity contribution in [2.24, 2.45) is 0 Å². The minimum Gasteiger partial charge on any atom is -0.507 e. The van der Waals surface area contributed by atoms with Crippen molar-refractivity contribution in [3.63, 3.8) is 0 Å². The van der Waals surface area contributed by atoms with Crippen molar-refractivity contribution >= 4 is 21.9 Å². The fourth-order valence-electron chi connectivity index (χ4n) is 2.68. The molecule has 0 radical (unpaired) electrons. The smallest absolute Gasteiger partial charge is 0.204 e. The van der Waals surface area contributed by atoms with Gasteiger partial charge in [-0.25, -0.2) is 0 Å². The zero-order valence-corrected chi connectivity index (χ0v) is 11.6. The summed E-state index contributed by atoms with van der Waals surface area (Å²) >= 11 is 0. The number of aliphatic hydroxyl groups is 1. The van der Waals surface area contributed by atoms with Gasteiger partial charge in [0.05, 0.1) is 19.1 Å². The average Bonchev–Trinajstić information content (AvgIpc) is 2.45. The molecule has 0 unspecified atom stereocenters. The quantitative estimate of drug-likeness (QED) is 0.707. The van der Waals surface area contributed by atoms with Crippen LogP contribution >= 0.6 is 0 Å². The molecule has 0 atom stereocenters. The van der Waals surface area contributed by atoms with Crippen LogP contribution in [0.2, 0.25) is 0 Å². The molecule has 0 spiro atoms. The van der Waals surface area contributed by atoms with Crippen LogP contribution in [0.4, 0.5) is 0 Å². The molecule has 1 aromatic heterocycles. The maximum Gasteiger partial charge on any atom is 0.204 e. The van der Waals surface area contributed by atoms with Crippen LogP contribution in [0.1, 0.15) is 11.1 Å². The van der Waals surface area contributed by atoms with E-state index in [0.717, 1.165) is 5.56 Å². The van der Waals surface area contributed by atoms with Crippen LogP contribution in [-0.2, 0) is 6.61 Å². The number of methoxy groups -OCH3 is 1. The number of hydrogen-bond acceptors (Lipinski definition) is 5. The SMILES string of the molecule is COc1c(C)cc2oc3cccc(O)c3c(=O)c2c1CO. The fraction of sp³-hybridized carbons (Fsp3) is 0.188. The highest BCUT2D eigenvalue weighted by Crippen LogP contribution is 2.33. The van der Waals surface area contributed by atoms with E-state index >= 15 is 0 Å². The number of fused-ring (bicyclic) bond motifs is 2. The molecule has 1 heterocycles. The van der Waals surface area contributed by atoms with Crippen molar-refractivity contribution in [1.82, 2.24) is 0 Å². The highest BCUT2D eigenvalue weighted by molar-refractivity contribution is 5.95. The molecule has 5 nitrogen and oxygen atoms in total. The van der Waals surface area contributed by atoms with E-state index in [1.165, 1.54) is 13.2 Å². The molecule has 0 fully saturated rings. The van der Waals surface area contributed by atoms with Gasteiger partial charge in [0, 0.05) is 5.56 Å². The molecule has 0 amide bonds. The van der Waals surface area contributed by atoms with Crippen LogP contribution in [0.15, 0.2) is 33.5 Å². The number of phenols is 1. The predicted octanol–water partition coefficient (Wildman–Crippen LogP) is 2.46. The number of phenolic OH excluding ortho intramolecular Hbond substituents is 1. The average molecular weight is 286 g/mol. The van der Waals surface area contributed by atoms with E-state index in [0.29, 0.717) is 22.5 Å². The van der Waals surface area contributed by atoms with Gasteiger partial charge in [-0.15, -0.1) is 0 Å². The van der Waals surface area contributed by atoms with Crippen molar-refractivity contribution in [1.29, 1.82) is 0 Å². The van der Waals surface area contributed by atoms with Crippen LogP contribution in [0.5, 0.6) is 11.5 Å². The summed E-state index contributed by atoms with van der Waals surface area (Å²) < 4.78 is 11.0. The predicted molar refractivity (Wildman–Crippen MR) is 78.9 cm³/mol. The fourth-order valence-corrected chi connectivity index (χ4v) is 2.68. The minimum atomic E-state index is -0.383. The van der Waals surface area contributed by atoms with E-state index < -0.39 is 0 Å². The van der Waals surface area contributed by atoms with Crippen LogP contribution in [-0.4, -0.2) is 17.3 Å². The molecule has 5 heteroatoms. The van der Waals surface area contributed by atoms with E-state index in [1.54, 1.807) is 18.2 Å². The molecule has 3 aromatic rings. The summed E-state index contributed by atoms with van der Waals surface area (Å²) in [5.74, 6) is 0.304. The van der Waals surface area contributed by atoms with Crippen molar-refractivity contribution in [2.45, 2.75) is 13.5 Å². The van der Waals surface area contributed by atoms with E-state index in [2.05, 4.69) is 0 Å². The van der Waals surface area contributed by atoms with Crippen molar-refractivity contribution in [2.75, 3.05) is 7.11 Å². The minimum absolute atomic E-state index is 0.102. The Morgan fingerprint density at radius 1 is 1.24 bits per heavy atom. The van der Waals surface area contributed by atoms with Gasteiger partial charge >= 0.3 is 0 Å². The van der Waals surface area contributed by atoms with Gasteiger partial charge < -0.3 is 19.4 Å². The molecule has 0 aliphatic carbocycles. The molecule has 0 saturated carbocycles. The molecular weight excluding hydrogens is 272 g/mol. The van der Waals surface area contributed by atoms with Gasteiger partial charge in [0.1, 0.15) is 28.1 Å². The molecule has 0 aliphatic rings. The number of ether oxygens (including phenoxy) is 1. The Kier molecular flexibility index (Phi) is 3.07. The summed E-state index contributed by atoms with van der Waals surface area (Å²) in [5, 5.41) is 19.9. The third-order valence-electron chi connectivity index (χ3n) is 3.57. The van der Waals surface area contributed by atoms with Gasteiger partial charge in [0.2, 0.25) is 5.43 Å². The number of aromatic hydroxyl groups is 1. The number of benzene rings is 2. The summed E-state index contributed by atoms with van der Waals surface area (Å²) in [4.78, 5) is 12.7. The van der Waals surface area contributed by atoms with Crippen molar-refractivity contribution in [3.05, 3.63) is 45.6 Å². The largest absolute Gasteiger partial charge is 0.507 e. The molecule has 0 aliphatic heterocycles. The maximum absolute atomic E-state index is 12.7. The van der Waals surface area contributed by atoms with Gasteiger partial charge in [0.15, 0.2) is 0 Å². The molecule has 108 valence electrons. The molecular formula is C16H14O5. The maximum atomic E-state index is 12.7. The van der Waals surface area contributed by atoms with E-state index in [-0.39, 0.29) is 28.6 Å². The van der Waals surface area contributed by atoms with Crippen LogP contribution < -0.4 is 10.2 Å². The Labute approximate surface area is 120 Å². The van der Waals surface area contributed by atoms with E-state index in [4.69, 9.17) is 9.15 Å². The lowest BCUT2D eigenvalue weighted by Crippen LogP contribution is -2.08. The van der Waals surface area contributed by atoms with Crippen LogP contribution in [0.3, 0.4) is 0 Å². The number of hydrogen-bond donors (Lipinski definition) is 2. The number of rotatable bonds is 2. The second-order valence-corrected chi connectivity index (χ2v) is 4.82. The second kappa shape index (κ2) is 4.79. The number of aliphatic hydroxyl groups excluding tert-OH is 1. The summed E-state index contributed by atoms with van der Waals surface area (Å²) in [6, 6.07) is 6.34. The van der Waals surface area contributed by atoms with Crippen LogP contribution in [0.25, 0.3) is 21.9 Å². The molecule has 0 bridgehead atoms. The van der Waals surface area contributed by atoms with Gasteiger partial charge in [-0.05, 0) is 30.7 Å². The molecule has 0 saturated heterocycles.